The van der Waals surface area contributed by atoms with Crippen LogP contribution in [0.4, 0.5) is 0 Å². The second kappa shape index (κ2) is 3.62. The van der Waals surface area contributed by atoms with Gasteiger partial charge in [-0.05, 0) is 25.3 Å². The van der Waals surface area contributed by atoms with E-state index in [1.54, 1.807) is 6.20 Å². The van der Waals surface area contributed by atoms with E-state index in [-0.39, 0.29) is 0 Å². The lowest BCUT2D eigenvalue weighted by Crippen LogP contribution is -2.15. The lowest BCUT2D eigenvalue weighted by atomic mass is 10.3. The van der Waals surface area contributed by atoms with Gasteiger partial charge in [-0.25, -0.2) is 4.52 Å². The molecule has 1 fully saturated rings. The van der Waals surface area contributed by atoms with E-state index in [1.165, 1.54) is 18.4 Å². The molecular formula is C11H14N4. The van der Waals surface area contributed by atoms with Crippen LogP contribution in [0.25, 0.3) is 5.52 Å². The summed E-state index contributed by atoms with van der Waals surface area (Å²) in [6, 6.07) is 0. The summed E-state index contributed by atoms with van der Waals surface area (Å²) in [6.07, 6.45) is 10.2. The highest BCUT2D eigenvalue weighted by Gasteiger charge is 2.20. The van der Waals surface area contributed by atoms with Gasteiger partial charge in [0.15, 0.2) is 0 Å². The Hall–Kier alpha value is -1.42. The van der Waals surface area contributed by atoms with Crippen LogP contribution in [0.15, 0.2) is 24.8 Å². The molecule has 3 rings (SSSR count). The number of rotatable bonds is 4. The molecule has 0 atom stereocenters. The van der Waals surface area contributed by atoms with Gasteiger partial charge in [-0.3, -0.25) is 4.98 Å². The molecule has 0 radical (unpaired) electrons. The molecule has 0 aromatic carbocycles. The zero-order valence-corrected chi connectivity index (χ0v) is 8.56. The molecule has 2 aromatic rings. The van der Waals surface area contributed by atoms with Crippen molar-refractivity contribution in [2.24, 2.45) is 5.92 Å². The molecule has 0 saturated heterocycles. The Morgan fingerprint density at radius 2 is 2.33 bits per heavy atom. The molecule has 0 amide bonds. The molecule has 1 saturated carbocycles. The second-order valence-electron chi connectivity index (χ2n) is 4.15. The van der Waals surface area contributed by atoms with Gasteiger partial charge < -0.3 is 5.32 Å². The van der Waals surface area contributed by atoms with Gasteiger partial charge in [0.05, 0.1) is 17.9 Å². The van der Waals surface area contributed by atoms with Crippen LogP contribution >= 0.6 is 0 Å². The molecule has 0 spiro atoms. The molecule has 78 valence electrons. The van der Waals surface area contributed by atoms with Crippen molar-refractivity contribution in [3.05, 3.63) is 30.4 Å². The van der Waals surface area contributed by atoms with Crippen LogP contribution in [0.5, 0.6) is 0 Å². The van der Waals surface area contributed by atoms with E-state index in [2.05, 4.69) is 15.4 Å². The minimum atomic E-state index is 0.895. The normalized spacial score (nSPS) is 16.0. The quantitative estimate of drug-likeness (QED) is 0.810. The maximum absolute atomic E-state index is 4.27. The Labute approximate surface area is 88.3 Å². The van der Waals surface area contributed by atoms with Crippen LogP contribution in [0.2, 0.25) is 0 Å². The minimum Gasteiger partial charge on any atom is -0.312 e. The van der Waals surface area contributed by atoms with Gasteiger partial charge in [0, 0.05) is 24.5 Å². The van der Waals surface area contributed by atoms with E-state index in [4.69, 9.17) is 0 Å². The number of fused-ring (bicyclic) bond motifs is 1. The third-order valence-electron chi connectivity index (χ3n) is 2.85. The molecule has 0 unspecified atom stereocenters. The Balaban J connectivity index is 1.72. The number of nitrogens with one attached hydrogen (secondary N) is 1. The van der Waals surface area contributed by atoms with Crippen molar-refractivity contribution in [1.29, 1.82) is 0 Å². The van der Waals surface area contributed by atoms with Crippen molar-refractivity contribution in [2.45, 2.75) is 19.4 Å². The second-order valence-corrected chi connectivity index (χ2v) is 4.15. The SMILES string of the molecule is c1cn2ncc(CNCC3CC3)c2cn1. The van der Waals surface area contributed by atoms with Crippen LogP contribution in [-0.2, 0) is 6.54 Å². The summed E-state index contributed by atoms with van der Waals surface area (Å²) in [5.74, 6) is 0.921. The summed E-state index contributed by atoms with van der Waals surface area (Å²) in [7, 11) is 0. The molecule has 4 heteroatoms. The molecule has 0 aliphatic heterocycles. The standard InChI is InChI=1S/C11H14N4/c1-2-9(1)5-13-6-10-7-14-15-4-3-12-8-11(10)15/h3-4,7-9,13H,1-2,5-6H2. The van der Waals surface area contributed by atoms with Crippen LogP contribution in [0, 0.1) is 5.92 Å². The van der Waals surface area contributed by atoms with Gasteiger partial charge >= 0.3 is 0 Å². The average molecular weight is 202 g/mol. The molecule has 2 heterocycles. The first-order valence-electron chi connectivity index (χ1n) is 5.40. The van der Waals surface area contributed by atoms with Crippen molar-refractivity contribution in [3.63, 3.8) is 0 Å². The summed E-state index contributed by atoms with van der Waals surface area (Å²) < 4.78 is 1.86. The van der Waals surface area contributed by atoms with Gasteiger partial charge in [-0.2, -0.15) is 5.10 Å². The molecule has 1 aliphatic carbocycles. The van der Waals surface area contributed by atoms with Gasteiger partial charge in [-0.1, -0.05) is 0 Å². The van der Waals surface area contributed by atoms with Crippen LogP contribution in [-0.4, -0.2) is 21.1 Å². The summed E-state index contributed by atoms with van der Waals surface area (Å²) in [4.78, 5) is 4.11. The molecule has 1 N–H and O–H groups in total. The highest BCUT2D eigenvalue weighted by Crippen LogP contribution is 2.27. The van der Waals surface area contributed by atoms with Crippen molar-refractivity contribution in [3.8, 4) is 0 Å². The first-order chi connectivity index (χ1) is 7.43. The first kappa shape index (κ1) is 8.85. The Morgan fingerprint density at radius 1 is 1.40 bits per heavy atom. The lowest BCUT2D eigenvalue weighted by molar-refractivity contribution is 0.640. The fourth-order valence-corrected chi connectivity index (χ4v) is 1.75. The maximum Gasteiger partial charge on any atom is 0.0889 e. The fraction of sp³-hybridized carbons (Fsp3) is 0.455. The molecule has 15 heavy (non-hydrogen) atoms. The monoisotopic (exact) mass is 202 g/mol. The molecular weight excluding hydrogens is 188 g/mol. The van der Waals surface area contributed by atoms with Crippen LogP contribution in [0.3, 0.4) is 0 Å². The van der Waals surface area contributed by atoms with E-state index >= 15 is 0 Å². The lowest BCUT2D eigenvalue weighted by Gasteiger charge is -2.01. The Kier molecular flexibility index (Phi) is 2.14. The Bertz CT molecular complexity index is 458. The van der Waals surface area contributed by atoms with Gasteiger partial charge in [0.1, 0.15) is 0 Å². The highest BCUT2D eigenvalue weighted by molar-refractivity contribution is 5.51. The molecule has 1 aliphatic rings. The van der Waals surface area contributed by atoms with Gasteiger partial charge in [0.25, 0.3) is 0 Å². The van der Waals surface area contributed by atoms with Gasteiger partial charge in [-0.15, -0.1) is 0 Å². The average Bonchev–Trinajstić information content (AvgIpc) is 3.00. The van der Waals surface area contributed by atoms with Crippen molar-refractivity contribution in [2.75, 3.05) is 6.54 Å². The van der Waals surface area contributed by atoms with E-state index in [9.17, 15) is 0 Å². The number of hydrogen-bond acceptors (Lipinski definition) is 3. The number of nitrogens with zero attached hydrogens (tertiary/aromatic N) is 3. The third-order valence-corrected chi connectivity index (χ3v) is 2.85. The fourth-order valence-electron chi connectivity index (χ4n) is 1.75. The topological polar surface area (TPSA) is 42.2 Å². The van der Waals surface area contributed by atoms with Gasteiger partial charge in [0.2, 0.25) is 0 Å². The van der Waals surface area contributed by atoms with E-state index in [0.29, 0.717) is 0 Å². The van der Waals surface area contributed by atoms with Crippen molar-refractivity contribution >= 4 is 5.52 Å². The maximum atomic E-state index is 4.27. The predicted octanol–water partition coefficient (Wildman–Crippen LogP) is 1.23. The molecule has 0 bridgehead atoms. The Morgan fingerprint density at radius 3 is 3.20 bits per heavy atom. The zero-order chi connectivity index (χ0) is 10.1. The smallest absolute Gasteiger partial charge is 0.0889 e. The zero-order valence-electron chi connectivity index (χ0n) is 8.56. The largest absolute Gasteiger partial charge is 0.312 e. The molecule has 4 nitrogen and oxygen atoms in total. The van der Waals surface area contributed by atoms with E-state index in [1.807, 2.05) is 23.1 Å². The third kappa shape index (κ3) is 1.85. The molecule has 2 aromatic heterocycles. The van der Waals surface area contributed by atoms with Crippen LogP contribution in [0.1, 0.15) is 18.4 Å². The summed E-state index contributed by atoms with van der Waals surface area (Å²) >= 11 is 0. The summed E-state index contributed by atoms with van der Waals surface area (Å²) in [6.45, 7) is 2.03. The highest BCUT2D eigenvalue weighted by atomic mass is 15.2. The predicted molar refractivity (Wildman–Crippen MR) is 57.4 cm³/mol. The summed E-state index contributed by atoms with van der Waals surface area (Å²) in [5, 5.41) is 7.73. The number of hydrogen-bond donors (Lipinski definition) is 1. The first-order valence-corrected chi connectivity index (χ1v) is 5.40. The van der Waals surface area contributed by atoms with E-state index < -0.39 is 0 Å². The van der Waals surface area contributed by atoms with Crippen molar-refractivity contribution in [1.82, 2.24) is 19.9 Å². The number of aromatic nitrogens is 3. The summed E-state index contributed by atoms with van der Waals surface area (Å²) in [5.41, 5.74) is 2.32. The van der Waals surface area contributed by atoms with Crippen LogP contribution < -0.4 is 5.32 Å². The van der Waals surface area contributed by atoms with Crippen molar-refractivity contribution < 1.29 is 0 Å². The van der Waals surface area contributed by atoms with E-state index in [0.717, 1.165) is 24.5 Å². The minimum absolute atomic E-state index is 0.895.